The van der Waals surface area contributed by atoms with Gasteiger partial charge < -0.3 is 5.32 Å². The number of carbonyl (C=O) groups is 1. The highest BCUT2D eigenvalue weighted by Crippen LogP contribution is 2.27. The Kier molecular flexibility index (Phi) is 6.11. The fourth-order valence-electron chi connectivity index (χ4n) is 3.04. The van der Waals surface area contributed by atoms with Gasteiger partial charge in [-0.1, -0.05) is 40.9 Å². The average Bonchev–Trinajstić information content (AvgIpc) is 2.65. The fourth-order valence-corrected chi connectivity index (χ4v) is 4.80. The molecule has 8 heteroatoms. The summed E-state index contributed by atoms with van der Waals surface area (Å²) in [6.07, 6.45) is 0.941. The molecule has 1 saturated heterocycles. The topological polar surface area (TPSA) is 66.5 Å². The van der Waals surface area contributed by atoms with Gasteiger partial charge in [0.1, 0.15) is 0 Å². The van der Waals surface area contributed by atoms with Gasteiger partial charge in [-0.2, -0.15) is 4.31 Å². The molecule has 144 valence electrons. The molecule has 1 fully saturated rings. The van der Waals surface area contributed by atoms with Gasteiger partial charge in [0.15, 0.2) is 0 Å². The molecule has 1 N–H and O–H groups in total. The van der Waals surface area contributed by atoms with Crippen molar-refractivity contribution in [3.05, 3.63) is 58.1 Å². The van der Waals surface area contributed by atoms with E-state index in [0.29, 0.717) is 41.7 Å². The molecular formula is C19H20Cl2N2O3S. The smallest absolute Gasteiger partial charge is 0.243 e. The number of hydrogen-bond donors (Lipinski definition) is 1. The highest BCUT2D eigenvalue weighted by Gasteiger charge is 2.32. The Morgan fingerprint density at radius 3 is 2.26 bits per heavy atom. The molecule has 0 unspecified atom stereocenters. The molecule has 1 amide bonds. The predicted molar refractivity (Wildman–Crippen MR) is 108 cm³/mol. The molecule has 2 aromatic rings. The van der Waals surface area contributed by atoms with E-state index in [1.165, 1.54) is 4.31 Å². The first-order valence-electron chi connectivity index (χ1n) is 8.60. The predicted octanol–water partition coefficient (Wildman–Crippen LogP) is 4.34. The minimum Gasteiger partial charge on any atom is -0.326 e. The van der Waals surface area contributed by atoms with Crippen LogP contribution in [-0.2, 0) is 14.8 Å². The van der Waals surface area contributed by atoms with Gasteiger partial charge in [0.05, 0.1) is 14.9 Å². The molecule has 5 nitrogen and oxygen atoms in total. The van der Waals surface area contributed by atoms with Crippen molar-refractivity contribution in [2.24, 2.45) is 5.92 Å². The number of nitrogens with one attached hydrogen (secondary N) is 1. The lowest BCUT2D eigenvalue weighted by Gasteiger charge is -2.30. The van der Waals surface area contributed by atoms with E-state index in [-0.39, 0.29) is 16.7 Å². The highest BCUT2D eigenvalue weighted by molar-refractivity contribution is 7.89. The summed E-state index contributed by atoms with van der Waals surface area (Å²) < 4.78 is 26.9. The van der Waals surface area contributed by atoms with Crippen LogP contribution in [0, 0.1) is 12.8 Å². The number of benzene rings is 2. The van der Waals surface area contributed by atoms with Crippen LogP contribution in [0.2, 0.25) is 10.0 Å². The molecule has 0 spiro atoms. The number of aryl methyl sites for hydroxylation is 1. The summed E-state index contributed by atoms with van der Waals surface area (Å²) in [5.41, 5.74) is 1.58. The lowest BCUT2D eigenvalue weighted by atomic mass is 9.97. The van der Waals surface area contributed by atoms with Crippen molar-refractivity contribution in [2.75, 3.05) is 18.4 Å². The first-order chi connectivity index (χ1) is 12.8. The lowest BCUT2D eigenvalue weighted by molar-refractivity contribution is -0.120. The number of nitrogens with zero attached hydrogens (tertiary/aromatic N) is 1. The summed E-state index contributed by atoms with van der Waals surface area (Å²) in [7, 11) is -3.53. The van der Waals surface area contributed by atoms with E-state index in [0.717, 1.165) is 5.56 Å². The average molecular weight is 427 g/mol. The van der Waals surface area contributed by atoms with E-state index in [1.54, 1.807) is 42.5 Å². The number of carbonyl (C=O) groups excluding carboxylic acids is 1. The van der Waals surface area contributed by atoms with Gasteiger partial charge in [0.25, 0.3) is 0 Å². The maximum absolute atomic E-state index is 12.7. The zero-order chi connectivity index (χ0) is 19.6. The minimum atomic E-state index is -3.53. The molecule has 0 saturated carbocycles. The van der Waals surface area contributed by atoms with Gasteiger partial charge in [-0.05, 0) is 50.1 Å². The van der Waals surface area contributed by atoms with E-state index >= 15 is 0 Å². The fraction of sp³-hybridized carbons (Fsp3) is 0.316. The van der Waals surface area contributed by atoms with Gasteiger partial charge in [0, 0.05) is 24.7 Å². The molecule has 0 bridgehead atoms. The highest BCUT2D eigenvalue weighted by atomic mass is 35.5. The Morgan fingerprint density at radius 2 is 1.67 bits per heavy atom. The van der Waals surface area contributed by atoms with Crippen molar-refractivity contribution in [2.45, 2.75) is 24.7 Å². The quantitative estimate of drug-likeness (QED) is 0.790. The third-order valence-electron chi connectivity index (χ3n) is 4.67. The monoisotopic (exact) mass is 426 g/mol. The van der Waals surface area contributed by atoms with Crippen molar-refractivity contribution in [1.29, 1.82) is 0 Å². The van der Waals surface area contributed by atoms with E-state index < -0.39 is 10.0 Å². The van der Waals surface area contributed by atoms with Gasteiger partial charge in [-0.25, -0.2) is 8.42 Å². The summed E-state index contributed by atoms with van der Waals surface area (Å²) in [5.74, 6) is -0.385. The number of sulfonamides is 1. The SMILES string of the molecule is Cc1ccc(S(=O)(=O)N2CCC(C(=O)Nc3ccc(Cl)c(Cl)c3)CC2)cc1. The summed E-state index contributed by atoms with van der Waals surface area (Å²) in [6, 6.07) is 11.7. The van der Waals surface area contributed by atoms with Crippen molar-refractivity contribution < 1.29 is 13.2 Å². The van der Waals surface area contributed by atoms with Crippen LogP contribution in [0.1, 0.15) is 18.4 Å². The molecule has 2 aromatic carbocycles. The number of rotatable bonds is 4. The summed E-state index contributed by atoms with van der Waals surface area (Å²) >= 11 is 11.8. The van der Waals surface area contributed by atoms with Crippen molar-refractivity contribution >= 4 is 44.8 Å². The van der Waals surface area contributed by atoms with Crippen molar-refractivity contribution in [1.82, 2.24) is 4.31 Å². The zero-order valence-corrected chi connectivity index (χ0v) is 17.1. The van der Waals surface area contributed by atoms with Gasteiger partial charge in [-0.3, -0.25) is 4.79 Å². The maximum atomic E-state index is 12.7. The first-order valence-corrected chi connectivity index (χ1v) is 10.8. The molecule has 1 aliphatic heterocycles. The molecule has 1 heterocycles. The molecule has 1 aliphatic rings. The summed E-state index contributed by atoms with van der Waals surface area (Å²) in [6.45, 7) is 2.54. The van der Waals surface area contributed by atoms with Crippen molar-refractivity contribution in [3.8, 4) is 0 Å². The third kappa shape index (κ3) is 4.63. The number of halogens is 2. The molecule has 0 aromatic heterocycles. The van der Waals surface area contributed by atoms with E-state index in [9.17, 15) is 13.2 Å². The summed E-state index contributed by atoms with van der Waals surface area (Å²) in [4.78, 5) is 12.8. The van der Waals surface area contributed by atoms with Gasteiger partial charge in [0.2, 0.25) is 15.9 Å². The second-order valence-electron chi connectivity index (χ2n) is 6.61. The van der Waals surface area contributed by atoms with E-state index in [1.807, 2.05) is 6.92 Å². The van der Waals surface area contributed by atoms with Crippen LogP contribution >= 0.6 is 23.2 Å². The molecule has 0 atom stereocenters. The normalized spacial score (nSPS) is 16.3. The van der Waals surface area contributed by atoms with Crippen LogP contribution in [0.4, 0.5) is 5.69 Å². The number of amides is 1. The lowest BCUT2D eigenvalue weighted by Crippen LogP contribution is -2.41. The van der Waals surface area contributed by atoms with Gasteiger partial charge in [-0.15, -0.1) is 0 Å². The standard InChI is InChI=1S/C19H20Cl2N2O3S/c1-13-2-5-16(6-3-13)27(25,26)23-10-8-14(9-11-23)19(24)22-15-4-7-17(20)18(21)12-15/h2-7,12,14H,8-11H2,1H3,(H,22,24). The van der Waals surface area contributed by atoms with Crippen LogP contribution in [0.25, 0.3) is 0 Å². The molecular weight excluding hydrogens is 407 g/mol. The van der Waals surface area contributed by atoms with E-state index in [2.05, 4.69) is 5.32 Å². The number of anilines is 1. The molecule has 27 heavy (non-hydrogen) atoms. The Balaban J connectivity index is 1.61. The van der Waals surface area contributed by atoms with Crippen LogP contribution in [0.5, 0.6) is 0 Å². The Labute approximate surface area is 169 Å². The maximum Gasteiger partial charge on any atom is 0.243 e. The Bertz CT molecular complexity index is 938. The van der Waals surface area contributed by atoms with Crippen LogP contribution in [0.3, 0.4) is 0 Å². The zero-order valence-electron chi connectivity index (χ0n) is 14.8. The van der Waals surface area contributed by atoms with Crippen LogP contribution in [0.15, 0.2) is 47.4 Å². The van der Waals surface area contributed by atoms with E-state index in [4.69, 9.17) is 23.2 Å². The number of piperidine rings is 1. The first kappa shape index (κ1) is 20.1. The van der Waals surface area contributed by atoms with Crippen LogP contribution in [-0.4, -0.2) is 31.7 Å². The minimum absolute atomic E-state index is 0.138. The third-order valence-corrected chi connectivity index (χ3v) is 7.32. The second-order valence-corrected chi connectivity index (χ2v) is 9.36. The molecule has 0 radical (unpaired) electrons. The number of hydrogen-bond acceptors (Lipinski definition) is 3. The molecule has 3 rings (SSSR count). The Hall–Kier alpha value is -1.60. The van der Waals surface area contributed by atoms with Crippen LogP contribution < -0.4 is 5.32 Å². The van der Waals surface area contributed by atoms with Crippen molar-refractivity contribution in [3.63, 3.8) is 0 Å². The Morgan fingerprint density at radius 1 is 1.04 bits per heavy atom. The second kappa shape index (κ2) is 8.19. The van der Waals surface area contributed by atoms with Gasteiger partial charge >= 0.3 is 0 Å². The molecule has 0 aliphatic carbocycles. The summed E-state index contributed by atoms with van der Waals surface area (Å²) in [5, 5.41) is 3.61. The largest absolute Gasteiger partial charge is 0.326 e.